The van der Waals surface area contributed by atoms with Gasteiger partial charge in [-0.15, -0.1) is 0 Å². The van der Waals surface area contributed by atoms with Gasteiger partial charge in [-0.2, -0.15) is 0 Å². The summed E-state index contributed by atoms with van der Waals surface area (Å²) in [7, 11) is 0. The fourth-order valence-electron chi connectivity index (χ4n) is 1.66. The zero-order valence-electron chi connectivity index (χ0n) is 10.6. The third kappa shape index (κ3) is 3.85. The largest absolute Gasteiger partial charge is 0.489 e. The molecule has 5 nitrogen and oxygen atoms in total. The number of nitro benzene ring substituents is 1. The average molecular weight is 354 g/mol. The Kier molecular flexibility index (Phi) is 4.64. The van der Waals surface area contributed by atoms with E-state index in [2.05, 4.69) is 15.9 Å². The minimum Gasteiger partial charge on any atom is -0.489 e. The van der Waals surface area contributed by atoms with E-state index in [0.29, 0.717) is 16.3 Å². The summed E-state index contributed by atoms with van der Waals surface area (Å²) in [6.45, 7) is 0.0837. The molecule has 2 rings (SSSR count). The molecule has 108 valence electrons. The quantitative estimate of drug-likeness (QED) is 0.464. The summed E-state index contributed by atoms with van der Waals surface area (Å²) in [4.78, 5) is 20.8. The summed E-state index contributed by atoms with van der Waals surface area (Å²) in [5.74, 6) is -0.361. The van der Waals surface area contributed by atoms with Crippen LogP contribution >= 0.6 is 15.9 Å². The molecule has 2 aromatic rings. The molecule has 0 radical (unpaired) electrons. The second-order valence-corrected chi connectivity index (χ2v) is 5.01. The molecule has 0 saturated carbocycles. The molecular weight excluding hydrogens is 345 g/mol. The van der Waals surface area contributed by atoms with Crippen molar-refractivity contribution in [1.82, 2.24) is 0 Å². The number of aldehydes is 1. The molecule has 0 amide bonds. The Hall–Kier alpha value is -2.28. The summed E-state index contributed by atoms with van der Waals surface area (Å²) in [5, 5.41) is 10.6. The first-order valence-corrected chi connectivity index (χ1v) is 6.60. The van der Waals surface area contributed by atoms with E-state index in [-0.39, 0.29) is 23.6 Å². The van der Waals surface area contributed by atoms with E-state index in [1.165, 1.54) is 18.2 Å². The molecule has 0 unspecified atom stereocenters. The van der Waals surface area contributed by atoms with E-state index in [0.717, 1.165) is 12.1 Å². The van der Waals surface area contributed by atoms with Crippen molar-refractivity contribution in [2.75, 3.05) is 0 Å². The van der Waals surface area contributed by atoms with Crippen molar-refractivity contribution in [3.8, 4) is 5.75 Å². The number of carbonyl (C=O) groups is 1. The number of benzene rings is 2. The predicted molar refractivity (Wildman–Crippen MR) is 76.9 cm³/mol. The highest BCUT2D eigenvalue weighted by Gasteiger charge is 2.10. The zero-order chi connectivity index (χ0) is 15.4. The van der Waals surface area contributed by atoms with Crippen molar-refractivity contribution in [1.29, 1.82) is 0 Å². The van der Waals surface area contributed by atoms with Crippen LogP contribution in [0.3, 0.4) is 0 Å². The molecule has 0 aliphatic heterocycles. The maximum absolute atomic E-state index is 13.2. The molecule has 0 aliphatic rings. The van der Waals surface area contributed by atoms with Gasteiger partial charge in [0, 0.05) is 33.8 Å². The summed E-state index contributed by atoms with van der Waals surface area (Å²) < 4.78 is 19.2. The lowest BCUT2D eigenvalue weighted by atomic mass is 10.2. The summed E-state index contributed by atoms with van der Waals surface area (Å²) in [5.41, 5.74) is 0.796. The van der Waals surface area contributed by atoms with Gasteiger partial charge in [0.2, 0.25) is 0 Å². The smallest absolute Gasteiger partial charge is 0.270 e. The Bertz CT molecular complexity index is 705. The van der Waals surface area contributed by atoms with Gasteiger partial charge in [0.1, 0.15) is 24.5 Å². The maximum Gasteiger partial charge on any atom is 0.270 e. The molecule has 7 heteroatoms. The van der Waals surface area contributed by atoms with E-state index in [9.17, 15) is 19.3 Å². The third-order valence-corrected chi connectivity index (χ3v) is 3.41. The van der Waals surface area contributed by atoms with Crippen molar-refractivity contribution in [3.05, 3.63) is 67.9 Å². The molecule has 21 heavy (non-hydrogen) atoms. The van der Waals surface area contributed by atoms with Gasteiger partial charge < -0.3 is 4.74 Å². The van der Waals surface area contributed by atoms with E-state index < -0.39 is 10.7 Å². The van der Waals surface area contributed by atoms with Crippen LogP contribution < -0.4 is 4.74 Å². The Morgan fingerprint density at radius 2 is 2.05 bits per heavy atom. The maximum atomic E-state index is 13.2. The van der Waals surface area contributed by atoms with Gasteiger partial charge in [-0.25, -0.2) is 4.39 Å². The van der Waals surface area contributed by atoms with Crippen molar-refractivity contribution >= 4 is 27.9 Å². The predicted octanol–water partition coefficient (Wildman–Crippen LogP) is 3.89. The highest BCUT2D eigenvalue weighted by Crippen LogP contribution is 2.25. The Labute approximate surface area is 127 Å². The monoisotopic (exact) mass is 353 g/mol. The van der Waals surface area contributed by atoms with Crippen LogP contribution in [0, 0.1) is 15.9 Å². The molecular formula is C14H9BrFNO4. The van der Waals surface area contributed by atoms with Crippen LogP contribution in [0.2, 0.25) is 0 Å². The van der Waals surface area contributed by atoms with Gasteiger partial charge in [-0.3, -0.25) is 14.9 Å². The topological polar surface area (TPSA) is 69.4 Å². The van der Waals surface area contributed by atoms with Crippen LogP contribution in [0.15, 0.2) is 40.9 Å². The van der Waals surface area contributed by atoms with Crippen LogP contribution in [0.25, 0.3) is 0 Å². The molecule has 0 N–H and O–H groups in total. The molecule has 0 bridgehead atoms. The Balaban J connectivity index is 2.14. The lowest BCUT2D eigenvalue weighted by molar-refractivity contribution is -0.384. The number of non-ortho nitro benzene ring substituents is 1. The number of carbonyl (C=O) groups excluding carboxylic acids is 1. The van der Waals surface area contributed by atoms with Crippen molar-refractivity contribution in [2.24, 2.45) is 0 Å². The summed E-state index contributed by atoms with van der Waals surface area (Å²) in [6.07, 6.45) is 0.526. The number of nitrogens with zero attached hydrogens (tertiary/aromatic N) is 1. The number of hydrogen-bond donors (Lipinski definition) is 0. The average Bonchev–Trinajstić information content (AvgIpc) is 2.45. The first-order valence-electron chi connectivity index (χ1n) is 5.81. The summed E-state index contributed by atoms with van der Waals surface area (Å²) in [6, 6.07) is 7.93. The van der Waals surface area contributed by atoms with E-state index in [1.54, 1.807) is 6.07 Å². The molecule has 0 spiro atoms. The number of halogens is 2. The molecule has 2 aromatic carbocycles. The Morgan fingerprint density at radius 3 is 2.67 bits per heavy atom. The van der Waals surface area contributed by atoms with Crippen molar-refractivity contribution in [2.45, 2.75) is 6.61 Å². The number of ether oxygens (including phenoxy) is 1. The fourth-order valence-corrected chi connectivity index (χ4v) is 2.14. The molecule has 0 heterocycles. The zero-order valence-corrected chi connectivity index (χ0v) is 12.2. The van der Waals surface area contributed by atoms with Crippen LogP contribution in [0.5, 0.6) is 5.75 Å². The molecule has 0 aliphatic carbocycles. The van der Waals surface area contributed by atoms with Gasteiger partial charge in [-0.1, -0.05) is 15.9 Å². The van der Waals surface area contributed by atoms with Crippen LogP contribution in [0.4, 0.5) is 10.1 Å². The lowest BCUT2D eigenvalue weighted by Gasteiger charge is -2.08. The molecule has 0 fully saturated rings. The fraction of sp³-hybridized carbons (Fsp3) is 0.0714. The lowest BCUT2D eigenvalue weighted by Crippen LogP contribution is -1.98. The van der Waals surface area contributed by atoms with Crippen LogP contribution in [-0.4, -0.2) is 11.2 Å². The second-order valence-electron chi connectivity index (χ2n) is 4.16. The standard InChI is InChI=1S/C14H9BrFNO4/c15-14-6-12(17(19)20)2-1-10(14)8-21-13-4-9(7-18)3-11(16)5-13/h1-7H,8H2. The first kappa shape index (κ1) is 15.1. The minimum atomic E-state index is -0.572. The molecule has 0 saturated heterocycles. The molecule has 0 atom stereocenters. The number of hydrogen-bond acceptors (Lipinski definition) is 4. The van der Waals surface area contributed by atoms with E-state index in [4.69, 9.17) is 4.74 Å². The minimum absolute atomic E-state index is 0.0420. The van der Waals surface area contributed by atoms with Gasteiger partial charge in [0.05, 0.1) is 4.92 Å². The normalized spacial score (nSPS) is 10.2. The van der Waals surface area contributed by atoms with Gasteiger partial charge in [0.15, 0.2) is 0 Å². The second kappa shape index (κ2) is 6.45. The van der Waals surface area contributed by atoms with Crippen molar-refractivity contribution in [3.63, 3.8) is 0 Å². The van der Waals surface area contributed by atoms with Gasteiger partial charge >= 0.3 is 0 Å². The van der Waals surface area contributed by atoms with Gasteiger partial charge in [0.25, 0.3) is 5.69 Å². The highest BCUT2D eigenvalue weighted by atomic mass is 79.9. The van der Waals surface area contributed by atoms with Gasteiger partial charge in [-0.05, 0) is 18.2 Å². The highest BCUT2D eigenvalue weighted by molar-refractivity contribution is 9.10. The summed E-state index contributed by atoms with van der Waals surface area (Å²) >= 11 is 3.22. The SMILES string of the molecule is O=Cc1cc(F)cc(OCc2ccc([N+](=O)[O-])cc2Br)c1. The Morgan fingerprint density at radius 1 is 1.29 bits per heavy atom. The first-order chi connectivity index (χ1) is 9.99. The number of nitro groups is 1. The van der Waals surface area contributed by atoms with Crippen LogP contribution in [-0.2, 0) is 6.61 Å². The van der Waals surface area contributed by atoms with E-state index >= 15 is 0 Å². The van der Waals surface area contributed by atoms with E-state index in [1.807, 2.05) is 0 Å². The van der Waals surface area contributed by atoms with Crippen molar-refractivity contribution < 1.29 is 18.8 Å². The van der Waals surface area contributed by atoms with Crippen LogP contribution in [0.1, 0.15) is 15.9 Å². The molecule has 0 aromatic heterocycles. The number of rotatable bonds is 5. The third-order valence-electron chi connectivity index (χ3n) is 2.67.